The summed E-state index contributed by atoms with van der Waals surface area (Å²) in [4.78, 5) is 53.6. The molecule has 0 spiro atoms. The molecule has 0 aliphatic carbocycles. The van der Waals surface area contributed by atoms with Gasteiger partial charge in [0, 0.05) is 18.7 Å². The summed E-state index contributed by atoms with van der Waals surface area (Å²) in [6.45, 7) is 6.76. The fraction of sp³-hybridized carbons (Fsp3) is 0.472. The number of ether oxygens (including phenoxy) is 3. The Kier molecular flexibility index (Phi) is 14.0. The zero-order valence-corrected chi connectivity index (χ0v) is 32.2. The van der Waals surface area contributed by atoms with Crippen LogP contribution in [0.3, 0.4) is 0 Å². The molecule has 0 radical (unpaired) electrons. The third-order valence-electron chi connectivity index (χ3n) is 8.73. The second-order valence-corrected chi connectivity index (χ2v) is 15.0. The number of aliphatic hydroxyl groups excluding tert-OH is 1. The van der Waals surface area contributed by atoms with Crippen LogP contribution in [0.15, 0.2) is 45.8 Å². The van der Waals surface area contributed by atoms with Crippen molar-refractivity contribution in [2.24, 2.45) is 5.92 Å². The Bertz CT molecular complexity index is 1930. The molecule has 17 nitrogen and oxygen atoms in total. The van der Waals surface area contributed by atoms with Gasteiger partial charge in [-0.05, 0) is 69.9 Å². The highest BCUT2D eigenvalue weighted by molar-refractivity contribution is 7.89. The van der Waals surface area contributed by atoms with Crippen molar-refractivity contribution in [3.05, 3.63) is 59.0 Å². The lowest BCUT2D eigenvalue weighted by molar-refractivity contribution is -0.135. The third-order valence-corrected chi connectivity index (χ3v) is 10.8. The van der Waals surface area contributed by atoms with Gasteiger partial charge in [-0.1, -0.05) is 25.1 Å². The van der Waals surface area contributed by atoms with Crippen molar-refractivity contribution in [3.8, 4) is 23.0 Å². The molecule has 2 aromatic carbocycles. The van der Waals surface area contributed by atoms with Crippen LogP contribution in [-0.2, 0) is 31.0 Å². The highest BCUT2D eigenvalue weighted by Crippen LogP contribution is 2.37. The Morgan fingerprint density at radius 3 is 2.26 bits per heavy atom. The van der Waals surface area contributed by atoms with Gasteiger partial charge in [0.05, 0.1) is 39.0 Å². The molecule has 0 saturated heterocycles. The molecule has 0 saturated carbocycles. The first-order valence-electron chi connectivity index (χ1n) is 17.4. The van der Waals surface area contributed by atoms with Crippen LogP contribution in [0.5, 0.6) is 23.0 Å². The lowest BCUT2D eigenvalue weighted by Gasteiger charge is -2.28. The van der Waals surface area contributed by atoms with E-state index in [1.54, 1.807) is 44.2 Å². The second-order valence-electron chi connectivity index (χ2n) is 13.1. The van der Waals surface area contributed by atoms with Crippen LogP contribution in [0, 0.1) is 19.8 Å². The van der Waals surface area contributed by atoms with E-state index in [-0.39, 0.29) is 53.7 Å². The number of aryl methyl sites for hydroxylation is 2. The quantitative estimate of drug-likeness (QED) is 0.242. The third kappa shape index (κ3) is 9.86. The van der Waals surface area contributed by atoms with E-state index in [1.165, 1.54) is 41.1 Å². The first kappa shape index (κ1) is 41.6. The molecule has 3 atom stereocenters. The van der Waals surface area contributed by atoms with Gasteiger partial charge in [0.15, 0.2) is 17.3 Å². The summed E-state index contributed by atoms with van der Waals surface area (Å²) in [5.41, 5.74) is 0.796. The largest absolute Gasteiger partial charge is 0.496 e. The van der Waals surface area contributed by atoms with Crippen molar-refractivity contribution in [2.45, 2.75) is 77.1 Å². The van der Waals surface area contributed by atoms with E-state index in [4.69, 9.17) is 18.7 Å². The molecule has 4 amide bonds. The van der Waals surface area contributed by atoms with Crippen LogP contribution >= 0.6 is 0 Å². The summed E-state index contributed by atoms with van der Waals surface area (Å²) in [5, 5.41) is 25.0. The molecule has 5 N–H and O–H groups in total. The van der Waals surface area contributed by atoms with Crippen molar-refractivity contribution in [1.82, 2.24) is 30.7 Å². The molecule has 294 valence electrons. The molecule has 0 fully saturated rings. The van der Waals surface area contributed by atoms with Crippen molar-refractivity contribution in [1.29, 1.82) is 0 Å². The highest BCUT2D eigenvalue weighted by atomic mass is 32.2. The van der Waals surface area contributed by atoms with E-state index in [9.17, 15) is 32.7 Å². The maximum absolute atomic E-state index is 13.9. The van der Waals surface area contributed by atoms with Crippen molar-refractivity contribution >= 4 is 33.7 Å². The van der Waals surface area contributed by atoms with Gasteiger partial charge in [0.1, 0.15) is 34.2 Å². The molecular weight excluding hydrogens is 724 g/mol. The average Bonchev–Trinajstić information content (AvgIpc) is 3.48. The van der Waals surface area contributed by atoms with Crippen LogP contribution in [0.2, 0.25) is 0 Å². The van der Waals surface area contributed by atoms with E-state index >= 15 is 0 Å². The standard InChI is InChI=1S/C36H48N6O11S/c1-20(2)31-35(46)38-18-25-26(50-6)11-10-12-27(25)52-29-17-24(13-14-28(29)51-7)34(45)37-15-8-9-16-42(54(48,49)33-21(3)41-53-23(33)5)19-30(44)39-32(22(4)43)36(47)40-31/h10-14,17,20,22,31-32,43H,8-9,15-16,18-19H2,1-7H3,(H,37,45)(H,38,46)(H,39,44)(H,40,47)/t22-,31-,32+/m1/s1. The van der Waals surface area contributed by atoms with Gasteiger partial charge in [-0.2, -0.15) is 4.31 Å². The van der Waals surface area contributed by atoms with E-state index in [0.29, 0.717) is 29.2 Å². The van der Waals surface area contributed by atoms with Crippen LogP contribution in [0.1, 0.15) is 61.0 Å². The minimum Gasteiger partial charge on any atom is -0.496 e. The SMILES string of the molecule is COc1ccc2cc1Oc1cccc(OC)c1CNC(=O)[C@@H](C(C)C)NC(=O)[C@H]([C@@H](C)O)NC(=O)CN(S(=O)(=O)c1c(C)noc1C)CCCCNC2=O. The van der Waals surface area contributed by atoms with Crippen LogP contribution in [-0.4, -0.2) is 98.7 Å². The van der Waals surface area contributed by atoms with E-state index in [1.807, 2.05) is 0 Å². The van der Waals surface area contributed by atoms with Crippen LogP contribution in [0.25, 0.3) is 0 Å². The van der Waals surface area contributed by atoms with Gasteiger partial charge in [-0.3, -0.25) is 19.2 Å². The molecule has 3 aromatic rings. The molecule has 54 heavy (non-hydrogen) atoms. The van der Waals surface area contributed by atoms with Gasteiger partial charge in [-0.15, -0.1) is 0 Å². The number of hydrogen-bond donors (Lipinski definition) is 5. The predicted molar refractivity (Wildman–Crippen MR) is 195 cm³/mol. The summed E-state index contributed by atoms with van der Waals surface area (Å²) >= 11 is 0. The zero-order chi connectivity index (χ0) is 39.7. The maximum Gasteiger partial charge on any atom is 0.251 e. The predicted octanol–water partition coefficient (Wildman–Crippen LogP) is 1.94. The molecule has 2 heterocycles. The van der Waals surface area contributed by atoms with Gasteiger partial charge >= 0.3 is 0 Å². The number of rotatable bonds is 6. The summed E-state index contributed by atoms with van der Waals surface area (Å²) in [7, 11) is -1.43. The number of aliphatic hydroxyl groups is 1. The lowest BCUT2D eigenvalue weighted by atomic mass is 10.0. The summed E-state index contributed by atoms with van der Waals surface area (Å²) in [6, 6.07) is 7.00. The Balaban J connectivity index is 1.72. The Morgan fingerprint density at radius 1 is 0.907 bits per heavy atom. The molecular formula is C36H48N6O11S. The number of nitrogens with zero attached hydrogens (tertiary/aromatic N) is 2. The van der Waals surface area contributed by atoms with Gasteiger partial charge in [0.2, 0.25) is 27.7 Å². The molecule has 18 heteroatoms. The van der Waals surface area contributed by atoms with Crippen LogP contribution < -0.4 is 35.5 Å². The average molecular weight is 773 g/mol. The summed E-state index contributed by atoms with van der Waals surface area (Å²) in [5.74, 6) is -1.98. The molecule has 0 unspecified atom stereocenters. The number of fused-ring (bicyclic) bond motifs is 3. The highest BCUT2D eigenvalue weighted by Gasteiger charge is 2.35. The maximum atomic E-state index is 13.9. The number of benzene rings is 2. The van der Waals surface area contributed by atoms with Crippen molar-refractivity contribution in [3.63, 3.8) is 0 Å². The summed E-state index contributed by atoms with van der Waals surface area (Å²) in [6.07, 6.45) is -0.889. The number of carbonyl (C=O) groups excluding carboxylic acids is 4. The van der Waals surface area contributed by atoms with E-state index < -0.39 is 64.3 Å². The molecule has 1 aliphatic rings. The Hall–Kier alpha value is -5.20. The molecule has 2 bridgehead atoms. The number of amides is 4. The zero-order valence-electron chi connectivity index (χ0n) is 31.3. The second kappa shape index (κ2) is 18.2. The summed E-state index contributed by atoms with van der Waals surface area (Å²) < 4.78 is 51.0. The molecule has 1 aliphatic heterocycles. The normalized spacial score (nSPS) is 19.4. The number of carbonyl (C=O) groups is 4. The lowest BCUT2D eigenvalue weighted by Crippen LogP contribution is -2.59. The van der Waals surface area contributed by atoms with Crippen molar-refractivity contribution < 1.29 is 51.4 Å². The number of hydrogen-bond acceptors (Lipinski definition) is 12. The molecule has 1 aromatic heterocycles. The van der Waals surface area contributed by atoms with E-state index in [2.05, 4.69) is 26.4 Å². The Morgan fingerprint density at radius 2 is 1.63 bits per heavy atom. The Labute approximate surface area is 314 Å². The smallest absolute Gasteiger partial charge is 0.251 e. The van der Waals surface area contributed by atoms with Crippen LogP contribution in [0.4, 0.5) is 0 Å². The fourth-order valence-corrected chi connectivity index (χ4v) is 7.57. The van der Waals surface area contributed by atoms with Gasteiger partial charge < -0.3 is 45.1 Å². The topological polar surface area (TPSA) is 228 Å². The monoisotopic (exact) mass is 772 g/mol. The van der Waals surface area contributed by atoms with Gasteiger partial charge in [0.25, 0.3) is 5.91 Å². The number of methoxy groups -OCH3 is 2. The van der Waals surface area contributed by atoms with Crippen molar-refractivity contribution in [2.75, 3.05) is 33.9 Å². The minimum atomic E-state index is -4.34. The van der Waals surface area contributed by atoms with Gasteiger partial charge in [-0.25, -0.2) is 8.42 Å². The first-order valence-corrected chi connectivity index (χ1v) is 18.8. The number of aromatic nitrogens is 1. The number of sulfonamides is 1. The first-order chi connectivity index (χ1) is 25.6. The molecule has 4 rings (SSSR count). The van der Waals surface area contributed by atoms with E-state index in [0.717, 1.165) is 4.31 Å². The minimum absolute atomic E-state index is 0.0257. The number of nitrogens with one attached hydrogen (secondary N) is 4. The fourth-order valence-electron chi connectivity index (χ4n) is 5.84.